The predicted molar refractivity (Wildman–Crippen MR) is 289 cm³/mol. The lowest BCUT2D eigenvalue weighted by Gasteiger charge is -2.42. The predicted octanol–water partition coefficient (Wildman–Crippen LogP) is 19.1. The average Bonchev–Trinajstić information content (AvgIpc) is 3.12. The van der Waals surface area contributed by atoms with Crippen molar-refractivity contribution in [3.05, 3.63) is 115 Å². The van der Waals surface area contributed by atoms with Crippen molar-refractivity contribution < 1.29 is 22.4 Å². The third-order valence-corrected chi connectivity index (χ3v) is 16.4. The minimum Gasteiger partial charge on any atom is -0.426 e. The van der Waals surface area contributed by atoms with E-state index in [-0.39, 0.29) is 43.3 Å². The monoisotopic (exact) mass is 951 g/mol. The standard InChI is InChI=1S/C60H88O5P2/c1-35-41-27-37(53(3,4)5)31-45(57(15,16)17)49(41)61-66(62-50-42(35)28-38(54(6,7)8)32-46(50)58(18,19)20)65-67-63-51-43(29-39(55(9,10)11)33-47(51)59(21,22)23)36(2)44-30-40(56(12,13)14)34-48(52(44)64-67)60(24,25)26/h27-34,49,51H,1-26H3/b41-35-,43-36-. The molecule has 4 aliphatic rings. The Morgan fingerprint density at radius 3 is 0.955 bits per heavy atom. The van der Waals surface area contributed by atoms with Crippen LogP contribution in [0.5, 0.6) is 11.5 Å². The second kappa shape index (κ2) is 17.5. The maximum absolute atomic E-state index is 7.49. The van der Waals surface area contributed by atoms with E-state index in [1.807, 2.05) is 0 Å². The van der Waals surface area contributed by atoms with Gasteiger partial charge in [-0.25, -0.2) is 4.31 Å². The van der Waals surface area contributed by atoms with Crippen molar-refractivity contribution in [1.82, 2.24) is 0 Å². The first-order valence-corrected chi connectivity index (χ1v) is 26.9. The molecule has 5 nitrogen and oxygen atoms in total. The van der Waals surface area contributed by atoms with E-state index in [2.05, 4.69) is 229 Å². The minimum absolute atomic E-state index is 0.0980. The summed E-state index contributed by atoms with van der Waals surface area (Å²) in [5.74, 6) is 1.59. The summed E-state index contributed by atoms with van der Waals surface area (Å²) >= 11 is 0. The van der Waals surface area contributed by atoms with Crippen LogP contribution in [0.15, 0.2) is 82.0 Å². The molecule has 0 aromatic heterocycles. The maximum atomic E-state index is 7.49. The molecule has 0 N–H and O–H groups in total. The SMILES string of the molecule is C/C1=C2\C=C(C(C)(C)C)C=C(C(C)(C)C)C2OP(OP2Oc3c(cc(C(C)(C)C)cc3C(C)(C)C)/C(C)=C3/C=C(C(C)(C)C)C=C(C(C)(C)C)C3O2)Oc2c1cc(C(C)(C)C)cc2C(C)(C)C. The normalized spacial score (nSPS) is 24.7. The molecule has 0 radical (unpaired) electrons. The number of benzene rings is 2. The van der Waals surface area contributed by atoms with Gasteiger partial charge < -0.3 is 9.05 Å². The van der Waals surface area contributed by atoms with Gasteiger partial charge in [-0.1, -0.05) is 203 Å². The van der Waals surface area contributed by atoms with Crippen LogP contribution in [0.4, 0.5) is 0 Å². The van der Waals surface area contributed by atoms with Gasteiger partial charge in [-0.15, -0.1) is 0 Å². The molecule has 368 valence electrons. The smallest absolute Gasteiger partial charge is 0.406 e. The lowest BCUT2D eigenvalue weighted by atomic mass is 9.71. The van der Waals surface area contributed by atoms with Crippen LogP contribution < -0.4 is 9.05 Å². The van der Waals surface area contributed by atoms with Gasteiger partial charge in [0.05, 0.1) is 0 Å². The van der Waals surface area contributed by atoms with Crippen LogP contribution in [0.2, 0.25) is 0 Å². The number of rotatable bonds is 2. The molecule has 0 spiro atoms. The molecule has 0 amide bonds. The summed E-state index contributed by atoms with van der Waals surface area (Å²) in [6.45, 7) is 59.4. The summed E-state index contributed by atoms with van der Waals surface area (Å²) in [6, 6.07) is 9.40. The van der Waals surface area contributed by atoms with Gasteiger partial charge in [0.15, 0.2) is 0 Å². The fraction of sp³-hybridized carbons (Fsp3) is 0.600. The second-order valence-corrected chi connectivity index (χ2v) is 30.4. The van der Waals surface area contributed by atoms with E-state index in [9.17, 15) is 0 Å². The zero-order valence-corrected chi connectivity index (χ0v) is 48.5. The highest BCUT2D eigenvalue weighted by Gasteiger charge is 2.46. The molecule has 4 unspecified atom stereocenters. The molecule has 2 aromatic rings. The molecular formula is C60H88O5P2. The summed E-state index contributed by atoms with van der Waals surface area (Å²) in [6.07, 6.45) is 8.63. The van der Waals surface area contributed by atoms with Crippen molar-refractivity contribution in [2.24, 2.45) is 21.7 Å². The molecule has 0 bridgehead atoms. The van der Waals surface area contributed by atoms with Gasteiger partial charge in [-0.3, -0.25) is 9.05 Å². The lowest BCUT2D eigenvalue weighted by molar-refractivity contribution is 0.180. The Morgan fingerprint density at radius 2 is 0.701 bits per heavy atom. The molecule has 2 aliphatic carbocycles. The molecular weight excluding hydrogens is 863 g/mol. The van der Waals surface area contributed by atoms with Crippen molar-refractivity contribution in [1.29, 1.82) is 0 Å². The van der Waals surface area contributed by atoms with Gasteiger partial charge in [0.2, 0.25) is 0 Å². The molecule has 6 rings (SSSR count). The zero-order valence-electron chi connectivity index (χ0n) is 46.7. The Morgan fingerprint density at radius 1 is 0.388 bits per heavy atom. The first-order chi connectivity index (χ1) is 30.1. The van der Waals surface area contributed by atoms with Crippen molar-refractivity contribution in [2.45, 2.75) is 214 Å². The molecule has 2 aromatic carbocycles. The number of hydrogen-bond donors (Lipinski definition) is 0. The third kappa shape index (κ3) is 11.2. The molecule has 0 saturated carbocycles. The minimum atomic E-state index is -2.16. The van der Waals surface area contributed by atoms with Gasteiger partial charge in [0.1, 0.15) is 23.7 Å². The van der Waals surface area contributed by atoms with E-state index >= 15 is 0 Å². The van der Waals surface area contributed by atoms with Gasteiger partial charge >= 0.3 is 17.2 Å². The van der Waals surface area contributed by atoms with Crippen LogP contribution in [-0.2, 0) is 35.0 Å². The first kappa shape index (κ1) is 53.6. The van der Waals surface area contributed by atoms with Gasteiger partial charge in [0.25, 0.3) is 0 Å². The van der Waals surface area contributed by atoms with Crippen molar-refractivity contribution in [2.75, 3.05) is 0 Å². The van der Waals surface area contributed by atoms with E-state index in [1.165, 1.54) is 33.4 Å². The van der Waals surface area contributed by atoms with Crippen molar-refractivity contribution in [3.63, 3.8) is 0 Å². The Hall–Kier alpha value is -2.78. The van der Waals surface area contributed by atoms with Gasteiger partial charge in [0, 0.05) is 22.3 Å². The highest BCUT2D eigenvalue weighted by atomic mass is 31.2. The molecule has 0 saturated heterocycles. The largest absolute Gasteiger partial charge is 0.426 e. The number of fused-ring (bicyclic) bond motifs is 4. The lowest BCUT2D eigenvalue weighted by Crippen LogP contribution is -2.32. The second-order valence-electron chi connectivity index (χ2n) is 28.0. The molecule has 67 heavy (non-hydrogen) atoms. The van der Waals surface area contributed by atoms with E-state index in [4.69, 9.17) is 22.4 Å². The van der Waals surface area contributed by atoms with Crippen LogP contribution in [0.3, 0.4) is 0 Å². The topological polar surface area (TPSA) is 46.2 Å². The van der Waals surface area contributed by atoms with Crippen molar-refractivity contribution >= 4 is 28.4 Å². The molecule has 4 atom stereocenters. The van der Waals surface area contributed by atoms with Crippen LogP contribution in [0.1, 0.15) is 213 Å². The Balaban J connectivity index is 1.67. The summed E-state index contributed by atoms with van der Waals surface area (Å²) in [4.78, 5) is 0. The molecule has 7 heteroatoms. The van der Waals surface area contributed by atoms with E-state index in [0.717, 1.165) is 56.0 Å². The van der Waals surface area contributed by atoms with Crippen molar-refractivity contribution in [3.8, 4) is 11.5 Å². The Bertz CT molecular complexity index is 2310. The summed E-state index contributed by atoms with van der Waals surface area (Å²) in [7, 11) is -4.32. The fourth-order valence-corrected chi connectivity index (χ4v) is 11.7. The third-order valence-electron chi connectivity index (χ3n) is 13.9. The van der Waals surface area contributed by atoms with E-state index in [1.54, 1.807) is 0 Å². The number of hydrogen-bond acceptors (Lipinski definition) is 5. The highest BCUT2D eigenvalue weighted by molar-refractivity contribution is 7.56. The summed E-state index contributed by atoms with van der Waals surface area (Å²) in [5, 5.41) is 0. The summed E-state index contributed by atoms with van der Waals surface area (Å²) in [5.41, 5.74) is 15.0. The Labute approximate surface area is 411 Å². The average molecular weight is 951 g/mol. The maximum Gasteiger partial charge on any atom is 0.406 e. The van der Waals surface area contributed by atoms with E-state index in [0.29, 0.717) is 0 Å². The van der Waals surface area contributed by atoms with E-state index < -0.39 is 29.4 Å². The first-order valence-electron chi connectivity index (χ1n) is 24.7. The molecule has 2 heterocycles. The van der Waals surface area contributed by atoms with Crippen LogP contribution in [0, 0.1) is 21.7 Å². The molecule has 0 fully saturated rings. The fourth-order valence-electron chi connectivity index (χ4n) is 9.11. The van der Waals surface area contributed by atoms with Crippen LogP contribution >= 0.6 is 17.2 Å². The molecule has 2 aliphatic heterocycles. The van der Waals surface area contributed by atoms with Crippen LogP contribution in [0.25, 0.3) is 11.1 Å². The Kier molecular flexibility index (Phi) is 14.0. The van der Waals surface area contributed by atoms with Gasteiger partial charge in [-0.05, 0) is 125 Å². The highest BCUT2D eigenvalue weighted by Crippen LogP contribution is 2.64. The van der Waals surface area contributed by atoms with Crippen LogP contribution in [-0.4, -0.2) is 12.2 Å². The quantitative estimate of drug-likeness (QED) is 0.281. The zero-order chi connectivity index (χ0) is 50.7. The summed E-state index contributed by atoms with van der Waals surface area (Å²) < 4.78 is 37.3. The number of allylic oxidation sites excluding steroid dienone is 6. The van der Waals surface area contributed by atoms with Gasteiger partial charge in [-0.2, -0.15) is 0 Å².